The Morgan fingerprint density at radius 3 is 2.63 bits per heavy atom. The first-order valence-corrected chi connectivity index (χ1v) is 7.37. The predicted octanol–water partition coefficient (Wildman–Crippen LogP) is 3.31. The Bertz CT molecular complexity index is 470. The summed E-state index contributed by atoms with van der Waals surface area (Å²) in [5.41, 5.74) is -0.985. The minimum absolute atomic E-state index is 0.319. The molecule has 1 saturated carbocycles. The number of hydrogen-bond donors (Lipinski definition) is 2. The SMILES string of the molecule is O=C(O)c1cc(SCC2(O)CCCCC2)ccc1F. The van der Waals surface area contributed by atoms with Crippen molar-refractivity contribution in [2.75, 3.05) is 5.75 Å². The molecule has 1 aromatic rings. The van der Waals surface area contributed by atoms with Crippen LogP contribution in [0.5, 0.6) is 0 Å². The molecule has 19 heavy (non-hydrogen) atoms. The summed E-state index contributed by atoms with van der Waals surface area (Å²) in [6, 6.07) is 4.05. The second kappa shape index (κ2) is 5.92. The molecule has 5 heteroatoms. The zero-order valence-corrected chi connectivity index (χ0v) is 11.4. The highest BCUT2D eigenvalue weighted by atomic mass is 32.2. The van der Waals surface area contributed by atoms with Crippen LogP contribution < -0.4 is 0 Å². The molecule has 0 radical (unpaired) electrons. The average molecular weight is 284 g/mol. The minimum atomic E-state index is -1.27. The first-order chi connectivity index (χ1) is 9.00. The van der Waals surface area contributed by atoms with Gasteiger partial charge in [0.05, 0.1) is 11.2 Å². The van der Waals surface area contributed by atoms with Gasteiger partial charge in [0, 0.05) is 10.6 Å². The van der Waals surface area contributed by atoms with Crippen LogP contribution in [0.15, 0.2) is 23.1 Å². The van der Waals surface area contributed by atoms with Crippen LogP contribution in [-0.4, -0.2) is 27.5 Å². The van der Waals surface area contributed by atoms with E-state index in [1.807, 2.05) is 0 Å². The van der Waals surface area contributed by atoms with Gasteiger partial charge in [0.1, 0.15) is 5.82 Å². The van der Waals surface area contributed by atoms with Gasteiger partial charge in [-0.2, -0.15) is 0 Å². The second-order valence-corrected chi connectivity index (χ2v) is 6.07. The van der Waals surface area contributed by atoms with Gasteiger partial charge < -0.3 is 10.2 Å². The number of aromatic carboxylic acids is 1. The smallest absolute Gasteiger partial charge is 0.338 e. The van der Waals surface area contributed by atoms with Gasteiger partial charge >= 0.3 is 5.97 Å². The average Bonchev–Trinajstić information content (AvgIpc) is 2.38. The molecule has 3 nitrogen and oxygen atoms in total. The molecule has 0 unspecified atom stereocenters. The zero-order chi connectivity index (χ0) is 13.9. The lowest BCUT2D eigenvalue weighted by molar-refractivity contribution is 0.0273. The third-order valence-electron chi connectivity index (χ3n) is 3.46. The van der Waals surface area contributed by atoms with Crippen molar-refractivity contribution in [2.24, 2.45) is 0 Å². The third kappa shape index (κ3) is 3.70. The lowest BCUT2D eigenvalue weighted by Gasteiger charge is -2.31. The van der Waals surface area contributed by atoms with E-state index in [9.17, 15) is 14.3 Å². The van der Waals surface area contributed by atoms with Gasteiger partial charge in [-0.1, -0.05) is 19.3 Å². The molecular formula is C14H17FO3S. The van der Waals surface area contributed by atoms with Crippen molar-refractivity contribution < 1.29 is 19.4 Å². The Hall–Kier alpha value is -1.07. The van der Waals surface area contributed by atoms with Crippen molar-refractivity contribution in [3.63, 3.8) is 0 Å². The first-order valence-electron chi connectivity index (χ1n) is 6.38. The van der Waals surface area contributed by atoms with Gasteiger partial charge in [-0.05, 0) is 31.0 Å². The number of carboxylic acid groups (broad SMARTS) is 1. The van der Waals surface area contributed by atoms with Crippen LogP contribution in [0.25, 0.3) is 0 Å². The highest BCUT2D eigenvalue weighted by Crippen LogP contribution is 2.33. The van der Waals surface area contributed by atoms with E-state index in [4.69, 9.17) is 5.11 Å². The number of thioether (sulfide) groups is 1. The van der Waals surface area contributed by atoms with E-state index in [2.05, 4.69) is 0 Å². The van der Waals surface area contributed by atoms with Crippen molar-refractivity contribution in [3.8, 4) is 0 Å². The molecule has 1 aromatic carbocycles. The topological polar surface area (TPSA) is 57.5 Å². The molecule has 104 valence electrons. The van der Waals surface area contributed by atoms with E-state index in [0.29, 0.717) is 10.6 Å². The maximum Gasteiger partial charge on any atom is 0.338 e. The first kappa shape index (κ1) is 14.3. The number of halogens is 1. The van der Waals surface area contributed by atoms with Crippen LogP contribution in [0, 0.1) is 5.82 Å². The van der Waals surface area contributed by atoms with Crippen LogP contribution in [0.4, 0.5) is 4.39 Å². The molecular weight excluding hydrogens is 267 g/mol. The second-order valence-electron chi connectivity index (χ2n) is 5.02. The fraction of sp³-hybridized carbons (Fsp3) is 0.500. The van der Waals surface area contributed by atoms with E-state index < -0.39 is 17.4 Å². The molecule has 0 saturated heterocycles. The van der Waals surface area contributed by atoms with E-state index in [1.165, 1.54) is 17.8 Å². The van der Waals surface area contributed by atoms with E-state index in [1.54, 1.807) is 6.07 Å². The van der Waals surface area contributed by atoms with Crippen molar-refractivity contribution >= 4 is 17.7 Å². The standard InChI is InChI=1S/C14H17FO3S/c15-12-5-4-10(8-11(12)13(16)17)19-9-14(18)6-2-1-3-7-14/h4-5,8,18H,1-3,6-7,9H2,(H,16,17). The van der Waals surface area contributed by atoms with E-state index in [0.717, 1.165) is 38.2 Å². The Balaban J connectivity index is 2.03. The molecule has 2 N–H and O–H groups in total. The van der Waals surface area contributed by atoms with Crippen LogP contribution in [0.3, 0.4) is 0 Å². The summed E-state index contributed by atoms with van der Waals surface area (Å²) in [7, 11) is 0. The Labute approximate surface area is 115 Å². The zero-order valence-electron chi connectivity index (χ0n) is 10.6. The number of benzene rings is 1. The largest absolute Gasteiger partial charge is 0.478 e. The van der Waals surface area contributed by atoms with Crippen LogP contribution in [0.1, 0.15) is 42.5 Å². The third-order valence-corrected chi connectivity index (χ3v) is 4.73. The molecule has 0 atom stereocenters. The maximum atomic E-state index is 13.3. The van der Waals surface area contributed by atoms with Crippen molar-refractivity contribution in [2.45, 2.75) is 42.6 Å². The quantitative estimate of drug-likeness (QED) is 0.833. The Morgan fingerprint density at radius 1 is 1.32 bits per heavy atom. The van der Waals surface area contributed by atoms with Crippen LogP contribution in [-0.2, 0) is 0 Å². The number of carbonyl (C=O) groups is 1. The molecule has 0 aliphatic heterocycles. The van der Waals surface area contributed by atoms with E-state index >= 15 is 0 Å². The van der Waals surface area contributed by atoms with Crippen LogP contribution >= 0.6 is 11.8 Å². The number of aliphatic hydroxyl groups is 1. The highest BCUT2D eigenvalue weighted by Gasteiger charge is 2.29. The van der Waals surface area contributed by atoms with Crippen molar-refractivity contribution in [1.29, 1.82) is 0 Å². The number of rotatable bonds is 4. The summed E-state index contributed by atoms with van der Waals surface area (Å²) >= 11 is 1.39. The van der Waals surface area contributed by atoms with Gasteiger partial charge in [-0.15, -0.1) is 11.8 Å². The molecule has 1 fully saturated rings. The lowest BCUT2D eigenvalue weighted by atomic mass is 9.86. The molecule has 0 spiro atoms. The van der Waals surface area contributed by atoms with Crippen molar-refractivity contribution in [1.82, 2.24) is 0 Å². The number of carboxylic acids is 1. The van der Waals surface area contributed by atoms with Gasteiger partial charge in [-0.3, -0.25) is 0 Å². The Kier molecular flexibility index (Phi) is 4.47. The summed E-state index contributed by atoms with van der Waals surface area (Å²) in [6.07, 6.45) is 4.79. The maximum absolute atomic E-state index is 13.3. The molecule has 2 rings (SSSR count). The lowest BCUT2D eigenvalue weighted by Crippen LogP contribution is -2.33. The minimum Gasteiger partial charge on any atom is -0.478 e. The molecule has 0 amide bonds. The van der Waals surface area contributed by atoms with Gasteiger partial charge in [0.25, 0.3) is 0 Å². The molecule has 1 aliphatic rings. The molecule has 0 heterocycles. The normalized spacial score (nSPS) is 18.2. The Morgan fingerprint density at radius 2 is 2.00 bits per heavy atom. The molecule has 0 aromatic heterocycles. The molecule has 0 bridgehead atoms. The molecule has 1 aliphatic carbocycles. The summed E-state index contributed by atoms with van der Waals surface area (Å²) in [5, 5.41) is 19.2. The summed E-state index contributed by atoms with van der Waals surface area (Å²) < 4.78 is 13.3. The summed E-state index contributed by atoms with van der Waals surface area (Å²) in [4.78, 5) is 11.5. The van der Waals surface area contributed by atoms with E-state index in [-0.39, 0.29) is 5.56 Å². The summed E-state index contributed by atoms with van der Waals surface area (Å²) in [6.45, 7) is 0. The monoisotopic (exact) mass is 284 g/mol. The number of hydrogen-bond acceptors (Lipinski definition) is 3. The fourth-order valence-electron chi connectivity index (χ4n) is 2.33. The van der Waals surface area contributed by atoms with Crippen molar-refractivity contribution in [3.05, 3.63) is 29.6 Å². The van der Waals surface area contributed by atoms with Gasteiger partial charge in [0.15, 0.2) is 0 Å². The van der Waals surface area contributed by atoms with Gasteiger partial charge in [-0.25, -0.2) is 9.18 Å². The predicted molar refractivity (Wildman–Crippen MR) is 72.1 cm³/mol. The van der Waals surface area contributed by atoms with Gasteiger partial charge in [0.2, 0.25) is 0 Å². The summed E-state index contributed by atoms with van der Waals surface area (Å²) in [5.74, 6) is -1.47. The van der Waals surface area contributed by atoms with Crippen LogP contribution in [0.2, 0.25) is 0 Å². The highest BCUT2D eigenvalue weighted by molar-refractivity contribution is 7.99. The fourth-order valence-corrected chi connectivity index (χ4v) is 3.42.